The Bertz CT molecular complexity index is 543. The number of sulfone groups is 1. The number of fused-ring (bicyclic) bond motifs is 1. The van der Waals surface area contributed by atoms with E-state index >= 15 is 0 Å². The van der Waals surface area contributed by atoms with E-state index in [1.165, 1.54) is 0 Å². The van der Waals surface area contributed by atoms with Crippen LogP contribution < -0.4 is 0 Å². The Morgan fingerprint density at radius 3 is 2.65 bits per heavy atom. The van der Waals surface area contributed by atoms with Gasteiger partial charge in [-0.15, -0.1) is 0 Å². The number of nitrogens with one attached hydrogen (secondary N) is 1. The van der Waals surface area contributed by atoms with E-state index in [1.54, 1.807) is 6.33 Å². The standard InChI is InChI=1S/C13H22N4O2S/c1-2-3-16-4-5-17(7-11-6-14-10-15-11)13-9-20(18,19)8-12(13)16/h6,10,12-13H,2-5,7-9H2,1H3,(H,14,15)/t12-,13+/m0/s1. The van der Waals surface area contributed by atoms with Crippen molar-refractivity contribution >= 4 is 9.84 Å². The van der Waals surface area contributed by atoms with E-state index in [-0.39, 0.29) is 12.1 Å². The topological polar surface area (TPSA) is 69.3 Å². The van der Waals surface area contributed by atoms with Gasteiger partial charge in [-0.2, -0.15) is 0 Å². The van der Waals surface area contributed by atoms with E-state index in [1.807, 2.05) is 6.20 Å². The Labute approximate surface area is 120 Å². The fourth-order valence-corrected chi connectivity index (χ4v) is 5.49. The van der Waals surface area contributed by atoms with Gasteiger partial charge in [-0.3, -0.25) is 9.80 Å². The summed E-state index contributed by atoms with van der Waals surface area (Å²) in [6.45, 7) is 5.79. The second-order valence-electron chi connectivity index (χ2n) is 5.79. The van der Waals surface area contributed by atoms with Crippen LogP contribution in [0, 0.1) is 0 Å². The Morgan fingerprint density at radius 2 is 2.00 bits per heavy atom. The van der Waals surface area contributed by atoms with Crippen LogP contribution in [0.1, 0.15) is 19.0 Å². The molecule has 0 amide bonds. The molecule has 112 valence electrons. The molecule has 0 aromatic carbocycles. The Morgan fingerprint density at radius 1 is 1.30 bits per heavy atom. The molecule has 1 N–H and O–H groups in total. The number of aromatic nitrogens is 2. The van der Waals surface area contributed by atoms with E-state index in [0.29, 0.717) is 11.5 Å². The van der Waals surface area contributed by atoms with Gasteiger partial charge in [-0.25, -0.2) is 13.4 Å². The molecule has 0 spiro atoms. The average molecular weight is 298 g/mol. The summed E-state index contributed by atoms with van der Waals surface area (Å²) in [6.07, 6.45) is 4.56. The monoisotopic (exact) mass is 298 g/mol. The van der Waals surface area contributed by atoms with Crippen molar-refractivity contribution in [3.05, 3.63) is 18.2 Å². The molecular formula is C13H22N4O2S. The van der Waals surface area contributed by atoms with Gasteiger partial charge in [-0.05, 0) is 13.0 Å². The van der Waals surface area contributed by atoms with Gasteiger partial charge in [0.05, 0.1) is 17.8 Å². The zero-order chi connectivity index (χ0) is 14.2. The molecular weight excluding hydrogens is 276 g/mol. The van der Waals surface area contributed by atoms with Crippen molar-refractivity contribution in [3.8, 4) is 0 Å². The van der Waals surface area contributed by atoms with Crippen LogP contribution in [-0.4, -0.2) is 71.4 Å². The molecule has 6 nitrogen and oxygen atoms in total. The smallest absolute Gasteiger partial charge is 0.153 e. The van der Waals surface area contributed by atoms with Crippen molar-refractivity contribution in [1.82, 2.24) is 19.8 Å². The molecule has 2 fully saturated rings. The molecule has 2 atom stereocenters. The van der Waals surface area contributed by atoms with E-state index in [4.69, 9.17) is 0 Å². The first kappa shape index (κ1) is 14.0. The maximum Gasteiger partial charge on any atom is 0.153 e. The van der Waals surface area contributed by atoms with Crippen molar-refractivity contribution in [3.63, 3.8) is 0 Å². The highest BCUT2D eigenvalue weighted by Gasteiger charge is 2.46. The van der Waals surface area contributed by atoms with Crippen LogP contribution in [0.5, 0.6) is 0 Å². The molecule has 20 heavy (non-hydrogen) atoms. The van der Waals surface area contributed by atoms with Gasteiger partial charge in [0.1, 0.15) is 0 Å². The van der Waals surface area contributed by atoms with Gasteiger partial charge in [-0.1, -0.05) is 6.92 Å². The minimum Gasteiger partial charge on any atom is -0.347 e. The summed E-state index contributed by atoms with van der Waals surface area (Å²) in [5.74, 6) is 0.614. The first-order chi connectivity index (χ1) is 9.59. The molecule has 3 rings (SSSR count). The molecule has 7 heteroatoms. The van der Waals surface area contributed by atoms with Gasteiger partial charge in [0.15, 0.2) is 9.84 Å². The van der Waals surface area contributed by atoms with Gasteiger partial charge in [0.25, 0.3) is 0 Å². The highest BCUT2D eigenvalue weighted by Crippen LogP contribution is 2.27. The molecule has 2 aliphatic rings. The highest BCUT2D eigenvalue weighted by atomic mass is 32.2. The third-order valence-electron chi connectivity index (χ3n) is 4.35. The summed E-state index contributed by atoms with van der Waals surface area (Å²) in [4.78, 5) is 11.8. The van der Waals surface area contributed by atoms with Gasteiger partial charge >= 0.3 is 0 Å². The molecule has 0 bridgehead atoms. The number of aromatic amines is 1. The second-order valence-corrected chi connectivity index (χ2v) is 7.95. The molecule has 0 radical (unpaired) electrons. The van der Waals surface area contributed by atoms with E-state index in [0.717, 1.165) is 38.3 Å². The number of rotatable bonds is 4. The van der Waals surface area contributed by atoms with Gasteiger partial charge in [0.2, 0.25) is 0 Å². The molecule has 2 saturated heterocycles. The van der Waals surface area contributed by atoms with Gasteiger partial charge in [0, 0.05) is 43.6 Å². The number of nitrogens with zero attached hydrogens (tertiary/aromatic N) is 3. The summed E-state index contributed by atoms with van der Waals surface area (Å²) < 4.78 is 24.0. The van der Waals surface area contributed by atoms with Crippen molar-refractivity contribution in [1.29, 1.82) is 0 Å². The lowest BCUT2D eigenvalue weighted by molar-refractivity contribution is 0.0399. The molecule has 0 saturated carbocycles. The first-order valence-corrected chi connectivity index (χ1v) is 9.07. The summed E-state index contributed by atoms with van der Waals surface area (Å²) >= 11 is 0. The third kappa shape index (κ3) is 2.75. The fourth-order valence-electron chi connectivity index (χ4n) is 3.45. The van der Waals surface area contributed by atoms with Crippen LogP contribution in [0.15, 0.2) is 12.5 Å². The predicted molar refractivity (Wildman–Crippen MR) is 77.1 cm³/mol. The van der Waals surface area contributed by atoms with Crippen molar-refractivity contribution in [2.75, 3.05) is 31.1 Å². The Hall–Kier alpha value is -0.920. The minimum absolute atomic E-state index is 0.128. The zero-order valence-corrected chi connectivity index (χ0v) is 12.6. The van der Waals surface area contributed by atoms with Gasteiger partial charge < -0.3 is 4.98 Å². The maximum absolute atomic E-state index is 12.0. The highest BCUT2D eigenvalue weighted by molar-refractivity contribution is 7.91. The maximum atomic E-state index is 12.0. The third-order valence-corrected chi connectivity index (χ3v) is 6.04. The second kappa shape index (κ2) is 5.46. The Kier molecular flexibility index (Phi) is 3.83. The number of H-pyrrole nitrogens is 1. The lowest BCUT2D eigenvalue weighted by Crippen LogP contribution is -2.58. The average Bonchev–Trinajstić information content (AvgIpc) is 2.99. The van der Waals surface area contributed by atoms with Crippen LogP contribution >= 0.6 is 0 Å². The molecule has 2 aliphatic heterocycles. The number of piperazine rings is 1. The lowest BCUT2D eigenvalue weighted by Gasteiger charge is -2.43. The SMILES string of the molecule is CCCN1CCN(Cc2cnc[nH]2)[C@@H]2CS(=O)(=O)C[C@@H]21. The quantitative estimate of drug-likeness (QED) is 0.854. The largest absolute Gasteiger partial charge is 0.347 e. The molecule has 3 heterocycles. The number of imidazole rings is 1. The zero-order valence-electron chi connectivity index (χ0n) is 11.8. The summed E-state index contributed by atoms with van der Waals surface area (Å²) in [7, 11) is -2.90. The Balaban J connectivity index is 1.78. The summed E-state index contributed by atoms with van der Waals surface area (Å²) in [5.41, 5.74) is 1.05. The lowest BCUT2D eigenvalue weighted by atomic mass is 10.0. The predicted octanol–water partition coefficient (Wildman–Crippen LogP) is 0.103. The van der Waals surface area contributed by atoms with Crippen LogP contribution in [0.2, 0.25) is 0 Å². The number of hydrogen-bond donors (Lipinski definition) is 1. The van der Waals surface area contributed by atoms with Crippen molar-refractivity contribution in [2.24, 2.45) is 0 Å². The van der Waals surface area contributed by atoms with E-state index in [9.17, 15) is 8.42 Å². The van der Waals surface area contributed by atoms with E-state index in [2.05, 4.69) is 26.7 Å². The summed E-state index contributed by atoms with van der Waals surface area (Å²) in [6, 6.07) is 0.292. The molecule has 0 aliphatic carbocycles. The van der Waals surface area contributed by atoms with Crippen LogP contribution in [0.3, 0.4) is 0 Å². The van der Waals surface area contributed by atoms with E-state index < -0.39 is 9.84 Å². The molecule has 1 aromatic heterocycles. The summed E-state index contributed by atoms with van der Waals surface area (Å²) in [5, 5.41) is 0. The van der Waals surface area contributed by atoms with Crippen LogP contribution in [0.4, 0.5) is 0 Å². The van der Waals surface area contributed by atoms with Crippen LogP contribution in [-0.2, 0) is 16.4 Å². The fraction of sp³-hybridized carbons (Fsp3) is 0.769. The van der Waals surface area contributed by atoms with Crippen LogP contribution in [0.25, 0.3) is 0 Å². The molecule has 1 aromatic rings. The minimum atomic E-state index is -2.90. The van der Waals surface area contributed by atoms with Crippen molar-refractivity contribution in [2.45, 2.75) is 32.0 Å². The number of hydrogen-bond acceptors (Lipinski definition) is 5. The van der Waals surface area contributed by atoms with Crippen molar-refractivity contribution < 1.29 is 8.42 Å². The normalized spacial score (nSPS) is 30.4. The molecule has 0 unspecified atom stereocenters. The first-order valence-electron chi connectivity index (χ1n) is 7.25.